The van der Waals surface area contributed by atoms with Gasteiger partial charge in [0, 0.05) is 39.3 Å². The lowest BCUT2D eigenvalue weighted by Crippen LogP contribution is -2.53. The van der Waals surface area contributed by atoms with Crippen LogP contribution >= 0.6 is 0 Å². The molecule has 0 aromatic heterocycles. The molecule has 2 fully saturated rings. The Morgan fingerprint density at radius 1 is 1.06 bits per heavy atom. The number of likely N-dealkylation sites (tertiary alicyclic amines) is 1. The molecule has 2 rings (SSSR count). The number of carbonyl (C=O) groups is 2. The van der Waals surface area contributed by atoms with E-state index in [1.54, 1.807) is 14.7 Å². The molecule has 0 aromatic rings. The van der Waals surface area contributed by atoms with Crippen LogP contribution in [0.4, 0.5) is 4.79 Å². The summed E-state index contributed by atoms with van der Waals surface area (Å²) >= 11 is 0. The fourth-order valence-corrected chi connectivity index (χ4v) is 2.36. The third-order valence-corrected chi connectivity index (χ3v) is 3.47. The highest BCUT2D eigenvalue weighted by Crippen LogP contribution is 2.13. The fourth-order valence-electron chi connectivity index (χ4n) is 2.36. The van der Waals surface area contributed by atoms with Gasteiger partial charge in [0.05, 0.1) is 6.10 Å². The molecule has 1 unspecified atom stereocenters. The van der Waals surface area contributed by atoms with Gasteiger partial charge in [-0.15, -0.1) is 0 Å². The molecule has 2 heterocycles. The zero-order valence-electron chi connectivity index (χ0n) is 10.4. The molecule has 0 aromatic carbocycles. The predicted molar refractivity (Wildman–Crippen MR) is 65.9 cm³/mol. The Bertz CT molecular complexity index is 350. The van der Waals surface area contributed by atoms with Gasteiger partial charge in [0.25, 0.3) is 0 Å². The van der Waals surface area contributed by atoms with E-state index in [0.717, 1.165) is 0 Å². The molecule has 0 spiro atoms. The van der Waals surface area contributed by atoms with Crippen LogP contribution in [0.1, 0.15) is 6.42 Å². The maximum Gasteiger partial charge on any atom is 0.320 e. The molecule has 0 bridgehead atoms. The van der Waals surface area contributed by atoms with Gasteiger partial charge >= 0.3 is 6.03 Å². The zero-order valence-corrected chi connectivity index (χ0v) is 10.4. The first-order chi connectivity index (χ1) is 8.61. The van der Waals surface area contributed by atoms with Gasteiger partial charge in [0.15, 0.2) is 0 Å². The van der Waals surface area contributed by atoms with Crippen LogP contribution in [0.15, 0.2) is 12.7 Å². The van der Waals surface area contributed by atoms with Gasteiger partial charge in [-0.05, 0) is 12.5 Å². The summed E-state index contributed by atoms with van der Waals surface area (Å²) in [6.07, 6.45) is 1.56. The molecule has 3 amide bonds. The van der Waals surface area contributed by atoms with Crippen molar-refractivity contribution in [3.63, 3.8) is 0 Å². The second-order valence-corrected chi connectivity index (χ2v) is 4.69. The van der Waals surface area contributed by atoms with Crippen LogP contribution in [0.25, 0.3) is 0 Å². The van der Waals surface area contributed by atoms with Gasteiger partial charge in [-0.3, -0.25) is 4.79 Å². The average molecular weight is 253 g/mol. The van der Waals surface area contributed by atoms with Crippen LogP contribution in [0, 0.1) is 0 Å². The van der Waals surface area contributed by atoms with Gasteiger partial charge in [-0.1, -0.05) is 6.58 Å². The molecular weight excluding hydrogens is 234 g/mol. The Labute approximate surface area is 106 Å². The minimum atomic E-state index is -0.391. The number of urea groups is 1. The normalized spacial score (nSPS) is 24.3. The molecule has 18 heavy (non-hydrogen) atoms. The molecule has 1 N–H and O–H groups in total. The van der Waals surface area contributed by atoms with Crippen molar-refractivity contribution < 1.29 is 14.7 Å². The number of rotatable bonds is 1. The number of aliphatic hydroxyl groups is 1. The van der Waals surface area contributed by atoms with Gasteiger partial charge in [0.2, 0.25) is 5.91 Å². The van der Waals surface area contributed by atoms with Crippen LogP contribution < -0.4 is 0 Å². The SMILES string of the molecule is C=CC(=O)N1CCN(C(=O)N2CCC(O)C2)CC1. The van der Waals surface area contributed by atoms with Crippen LogP contribution in [-0.4, -0.2) is 77.1 Å². The molecule has 6 heteroatoms. The Morgan fingerprint density at radius 3 is 2.17 bits per heavy atom. The van der Waals surface area contributed by atoms with Gasteiger partial charge in [-0.25, -0.2) is 4.79 Å². The quantitative estimate of drug-likeness (QED) is 0.641. The number of amides is 3. The number of β-amino-alcohol motifs (C(OH)–C–C–N with tert-alkyl or cyclic N) is 1. The largest absolute Gasteiger partial charge is 0.391 e. The van der Waals surface area contributed by atoms with Crippen LogP contribution in [-0.2, 0) is 4.79 Å². The minimum Gasteiger partial charge on any atom is -0.391 e. The van der Waals surface area contributed by atoms with E-state index >= 15 is 0 Å². The first-order valence-corrected chi connectivity index (χ1v) is 6.25. The van der Waals surface area contributed by atoms with Crippen molar-refractivity contribution in [2.24, 2.45) is 0 Å². The van der Waals surface area contributed by atoms with E-state index in [9.17, 15) is 14.7 Å². The number of piperazine rings is 1. The number of hydrogen-bond donors (Lipinski definition) is 1. The molecule has 6 nitrogen and oxygen atoms in total. The van der Waals surface area contributed by atoms with Crippen LogP contribution in [0.3, 0.4) is 0 Å². The number of hydrogen-bond acceptors (Lipinski definition) is 3. The maximum atomic E-state index is 12.1. The summed E-state index contributed by atoms with van der Waals surface area (Å²) in [4.78, 5) is 28.6. The maximum absolute atomic E-state index is 12.1. The molecule has 2 saturated heterocycles. The Balaban J connectivity index is 1.84. The van der Waals surface area contributed by atoms with E-state index in [1.165, 1.54) is 6.08 Å². The second kappa shape index (κ2) is 5.39. The van der Waals surface area contributed by atoms with Gasteiger partial charge < -0.3 is 19.8 Å². The van der Waals surface area contributed by atoms with Crippen LogP contribution in [0.5, 0.6) is 0 Å². The molecule has 2 aliphatic rings. The molecule has 100 valence electrons. The van der Waals surface area contributed by atoms with Crippen LogP contribution in [0.2, 0.25) is 0 Å². The summed E-state index contributed by atoms with van der Waals surface area (Å²) in [6.45, 7) is 6.68. The van der Waals surface area contributed by atoms with Gasteiger partial charge in [0.1, 0.15) is 0 Å². The topological polar surface area (TPSA) is 64.1 Å². The van der Waals surface area contributed by atoms with E-state index in [0.29, 0.717) is 45.7 Å². The summed E-state index contributed by atoms with van der Waals surface area (Å²) in [6, 6.07) is -0.0303. The summed E-state index contributed by atoms with van der Waals surface area (Å²) in [5.41, 5.74) is 0. The predicted octanol–water partition coefficient (Wildman–Crippen LogP) is -0.497. The van der Waals surface area contributed by atoms with E-state index in [4.69, 9.17) is 0 Å². The van der Waals surface area contributed by atoms with E-state index in [2.05, 4.69) is 6.58 Å². The highest BCUT2D eigenvalue weighted by atomic mass is 16.3. The van der Waals surface area contributed by atoms with Crippen molar-refractivity contribution in [1.29, 1.82) is 0 Å². The lowest BCUT2D eigenvalue weighted by molar-refractivity contribution is -0.127. The first-order valence-electron chi connectivity index (χ1n) is 6.25. The molecule has 0 aliphatic carbocycles. The van der Waals surface area contributed by atoms with E-state index in [1.807, 2.05) is 0 Å². The fraction of sp³-hybridized carbons (Fsp3) is 0.667. The van der Waals surface area contributed by atoms with Crippen molar-refractivity contribution >= 4 is 11.9 Å². The van der Waals surface area contributed by atoms with Crippen molar-refractivity contribution in [2.45, 2.75) is 12.5 Å². The number of nitrogens with zero attached hydrogens (tertiary/aromatic N) is 3. The summed E-state index contributed by atoms with van der Waals surface area (Å²) in [5.74, 6) is -0.0845. The van der Waals surface area contributed by atoms with E-state index in [-0.39, 0.29) is 11.9 Å². The van der Waals surface area contributed by atoms with Crippen molar-refractivity contribution in [2.75, 3.05) is 39.3 Å². The molecule has 0 radical (unpaired) electrons. The Hall–Kier alpha value is -1.56. The first kappa shape index (κ1) is 12.9. The number of aliphatic hydroxyl groups excluding tert-OH is 1. The van der Waals surface area contributed by atoms with Crippen molar-refractivity contribution in [3.05, 3.63) is 12.7 Å². The van der Waals surface area contributed by atoms with Crippen molar-refractivity contribution in [1.82, 2.24) is 14.7 Å². The summed E-state index contributed by atoms with van der Waals surface area (Å²) in [5, 5.41) is 9.42. The number of carbonyl (C=O) groups excluding carboxylic acids is 2. The Kier molecular flexibility index (Phi) is 3.86. The highest BCUT2D eigenvalue weighted by molar-refractivity contribution is 5.87. The molecule has 0 saturated carbocycles. The highest BCUT2D eigenvalue weighted by Gasteiger charge is 2.30. The average Bonchev–Trinajstić information content (AvgIpc) is 2.84. The molecular formula is C12H19N3O3. The minimum absolute atomic E-state index is 0.0303. The van der Waals surface area contributed by atoms with Crippen molar-refractivity contribution in [3.8, 4) is 0 Å². The smallest absolute Gasteiger partial charge is 0.320 e. The van der Waals surface area contributed by atoms with Gasteiger partial charge in [-0.2, -0.15) is 0 Å². The Morgan fingerprint density at radius 2 is 1.67 bits per heavy atom. The summed E-state index contributed by atoms with van der Waals surface area (Å²) in [7, 11) is 0. The zero-order chi connectivity index (χ0) is 13.1. The second-order valence-electron chi connectivity index (χ2n) is 4.69. The van der Waals surface area contributed by atoms with E-state index < -0.39 is 6.10 Å². The standard InChI is InChI=1S/C12H19N3O3/c1-2-11(17)13-5-7-14(8-6-13)12(18)15-4-3-10(16)9-15/h2,10,16H,1,3-9H2. The molecule has 1 atom stereocenters. The third-order valence-electron chi connectivity index (χ3n) is 3.47. The third kappa shape index (κ3) is 2.64. The molecule has 2 aliphatic heterocycles. The lowest BCUT2D eigenvalue weighted by atomic mass is 10.3. The monoisotopic (exact) mass is 253 g/mol. The summed E-state index contributed by atoms with van der Waals surface area (Å²) < 4.78 is 0. The lowest BCUT2D eigenvalue weighted by Gasteiger charge is -2.36.